The van der Waals surface area contributed by atoms with Crippen LogP contribution in [0.1, 0.15) is 45.6 Å². The molecule has 1 aromatic rings. The van der Waals surface area contributed by atoms with Gasteiger partial charge in [0.1, 0.15) is 5.75 Å². The van der Waals surface area contributed by atoms with E-state index < -0.39 is 0 Å². The average Bonchev–Trinajstić information content (AvgIpc) is 2.67. The molecular weight excluding hydrogens is 338 g/mol. The third kappa shape index (κ3) is 7.06. The van der Waals surface area contributed by atoms with E-state index in [9.17, 15) is 0 Å². The monoisotopic (exact) mass is 375 g/mol. The fraction of sp³-hybridized carbons (Fsp3) is 0.682. The average molecular weight is 376 g/mol. The second-order valence-corrected chi connectivity index (χ2v) is 8.39. The molecule has 2 atom stereocenters. The predicted molar refractivity (Wildman–Crippen MR) is 113 cm³/mol. The minimum absolute atomic E-state index is 0.169. The first kappa shape index (κ1) is 21.5. The van der Waals surface area contributed by atoms with E-state index in [0.29, 0.717) is 12.0 Å². The van der Waals surface area contributed by atoms with Crippen molar-refractivity contribution in [2.75, 3.05) is 33.9 Å². The molecule has 2 rings (SSSR count). The van der Waals surface area contributed by atoms with Crippen LogP contribution in [-0.4, -0.2) is 45.9 Å². The molecule has 0 aliphatic carbocycles. The van der Waals surface area contributed by atoms with Gasteiger partial charge in [-0.25, -0.2) is 0 Å². The van der Waals surface area contributed by atoms with Crippen LogP contribution in [0, 0.1) is 11.3 Å². The Bertz CT molecular complexity index is 578. The lowest BCUT2D eigenvalue weighted by molar-refractivity contribution is -0.0835. The van der Waals surface area contributed by atoms with Crippen molar-refractivity contribution in [1.82, 2.24) is 10.6 Å². The van der Waals surface area contributed by atoms with E-state index in [1.807, 2.05) is 19.2 Å². The van der Waals surface area contributed by atoms with Gasteiger partial charge in [-0.3, -0.25) is 4.99 Å². The van der Waals surface area contributed by atoms with E-state index in [1.165, 1.54) is 12.0 Å². The minimum atomic E-state index is 0.169. The number of aryl methyl sites for hydroxylation is 1. The second-order valence-electron chi connectivity index (χ2n) is 8.39. The van der Waals surface area contributed by atoms with Crippen LogP contribution in [0.3, 0.4) is 0 Å². The molecule has 0 amide bonds. The molecule has 2 N–H and O–H groups in total. The molecule has 1 fully saturated rings. The molecule has 1 saturated heterocycles. The smallest absolute Gasteiger partial charge is 0.190 e. The molecule has 0 aromatic heterocycles. The number of nitrogens with one attached hydrogen (secondary N) is 2. The number of hydrogen-bond acceptors (Lipinski definition) is 3. The molecule has 0 saturated carbocycles. The van der Waals surface area contributed by atoms with Crippen molar-refractivity contribution < 1.29 is 9.47 Å². The third-order valence-electron chi connectivity index (χ3n) is 5.15. The van der Waals surface area contributed by atoms with Crippen LogP contribution < -0.4 is 15.4 Å². The van der Waals surface area contributed by atoms with Crippen molar-refractivity contribution in [3.63, 3.8) is 0 Å². The maximum Gasteiger partial charge on any atom is 0.190 e. The summed E-state index contributed by atoms with van der Waals surface area (Å²) >= 11 is 0. The highest BCUT2D eigenvalue weighted by atomic mass is 16.5. The highest BCUT2D eigenvalue weighted by Crippen LogP contribution is 2.33. The number of nitrogens with zero attached hydrogens (tertiary/aromatic N) is 1. The molecule has 0 bridgehead atoms. The van der Waals surface area contributed by atoms with Crippen LogP contribution in [0.2, 0.25) is 0 Å². The van der Waals surface area contributed by atoms with Crippen LogP contribution in [0.25, 0.3) is 0 Å². The number of aliphatic imine (C=N–C) groups is 1. The van der Waals surface area contributed by atoms with Gasteiger partial charge < -0.3 is 20.1 Å². The Kier molecular flexibility index (Phi) is 8.42. The highest BCUT2D eigenvalue weighted by molar-refractivity contribution is 5.79. The van der Waals surface area contributed by atoms with Gasteiger partial charge in [0.05, 0.1) is 13.2 Å². The Morgan fingerprint density at radius 2 is 1.96 bits per heavy atom. The highest BCUT2D eigenvalue weighted by Gasteiger charge is 2.35. The first-order chi connectivity index (χ1) is 12.9. The summed E-state index contributed by atoms with van der Waals surface area (Å²) in [5.74, 6) is 2.31. The van der Waals surface area contributed by atoms with E-state index in [4.69, 9.17) is 9.47 Å². The number of guanidine groups is 1. The molecule has 152 valence electrons. The predicted octanol–water partition coefficient (Wildman–Crippen LogP) is 3.63. The lowest BCUT2D eigenvalue weighted by Crippen LogP contribution is -2.47. The van der Waals surface area contributed by atoms with Gasteiger partial charge in [0.25, 0.3) is 0 Å². The first-order valence-corrected chi connectivity index (χ1v) is 10.1. The first-order valence-electron chi connectivity index (χ1n) is 10.1. The Labute approximate surface area is 164 Å². The van der Waals surface area contributed by atoms with Gasteiger partial charge in [-0.2, -0.15) is 0 Å². The Balaban J connectivity index is 1.72. The third-order valence-corrected chi connectivity index (χ3v) is 5.15. The van der Waals surface area contributed by atoms with Crippen LogP contribution >= 0.6 is 0 Å². The molecule has 5 nitrogen and oxygen atoms in total. The lowest BCUT2D eigenvalue weighted by atomic mass is 9.78. The minimum Gasteiger partial charge on any atom is -0.497 e. The molecule has 5 heteroatoms. The summed E-state index contributed by atoms with van der Waals surface area (Å²) in [6.07, 6.45) is 4.75. The van der Waals surface area contributed by atoms with Gasteiger partial charge in [-0.05, 0) is 48.8 Å². The van der Waals surface area contributed by atoms with Crippen LogP contribution in [0.4, 0.5) is 0 Å². The maximum atomic E-state index is 6.08. The van der Waals surface area contributed by atoms with Crippen molar-refractivity contribution in [3.8, 4) is 5.75 Å². The number of methoxy groups -OCH3 is 1. The van der Waals surface area contributed by atoms with Gasteiger partial charge in [0.15, 0.2) is 5.96 Å². The number of hydrogen-bond donors (Lipinski definition) is 2. The van der Waals surface area contributed by atoms with Crippen molar-refractivity contribution in [1.29, 1.82) is 0 Å². The second kappa shape index (κ2) is 10.5. The van der Waals surface area contributed by atoms with Gasteiger partial charge in [0.2, 0.25) is 0 Å². The Morgan fingerprint density at radius 3 is 2.59 bits per heavy atom. The van der Waals surface area contributed by atoms with Crippen LogP contribution in [-0.2, 0) is 11.2 Å². The molecular formula is C22H37N3O2. The zero-order valence-corrected chi connectivity index (χ0v) is 17.7. The molecule has 1 aromatic carbocycles. The SMILES string of the molecule is CN=C(NCCCc1ccc(OC)cc1)NCC1CCCOC1C(C)(C)C. The molecule has 1 aliphatic rings. The van der Waals surface area contributed by atoms with E-state index >= 15 is 0 Å². The van der Waals surface area contributed by atoms with Gasteiger partial charge >= 0.3 is 0 Å². The topological polar surface area (TPSA) is 54.9 Å². The van der Waals surface area contributed by atoms with Crippen molar-refractivity contribution >= 4 is 5.96 Å². The zero-order chi connectivity index (χ0) is 19.7. The summed E-state index contributed by atoms with van der Waals surface area (Å²) in [7, 11) is 3.53. The van der Waals surface area contributed by atoms with Crippen molar-refractivity contribution in [2.45, 2.75) is 52.6 Å². The molecule has 1 aliphatic heterocycles. The molecule has 0 radical (unpaired) electrons. The van der Waals surface area contributed by atoms with E-state index in [0.717, 1.165) is 50.7 Å². The summed E-state index contributed by atoms with van der Waals surface area (Å²) in [6.45, 7) is 9.49. The zero-order valence-electron chi connectivity index (χ0n) is 17.7. The van der Waals surface area contributed by atoms with Crippen LogP contribution in [0.15, 0.2) is 29.3 Å². The largest absolute Gasteiger partial charge is 0.497 e. The quantitative estimate of drug-likeness (QED) is 0.434. The summed E-state index contributed by atoms with van der Waals surface area (Å²) in [5, 5.41) is 6.93. The molecule has 1 heterocycles. The molecule has 27 heavy (non-hydrogen) atoms. The number of benzene rings is 1. The van der Waals surface area contributed by atoms with Gasteiger partial charge in [-0.1, -0.05) is 32.9 Å². The van der Waals surface area contributed by atoms with E-state index in [-0.39, 0.29) is 5.41 Å². The summed E-state index contributed by atoms with van der Waals surface area (Å²) in [6, 6.07) is 8.28. The van der Waals surface area contributed by atoms with E-state index in [1.54, 1.807) is 7.11 Å². The normalized spacial score (nSPS) is 21.0. The van der Waals surface area contributed by atoms with Crippen molar-refractivity contribution in [2.24, 2.45) is 16.3 Å². The Morgan fingerprint density at radius 1 is 1.22 bits per heavy atom. The molecule has 2 unspecified atom stereocenters. The Hall–Kier alpha value is -1.75. The fourth-order valence-electron chi connectivity index (χ4n) is 3.75. The van der Waals surface area contributed by atoms with Gasteiger partial charge in [-0.15, -0.1) is 0 Å². The maximum absolute atomic E-state index is 6.08. The number of ether oxygens (including phenoxy) is 2. The summed E-state index contributed by atoms with van der Waals surface area (Å²) in [4.78, 5) is 4.36. The van der Waals surface area contributed by atoms with Crippen molar-refractivity contribution in [3.05, 3.63) is 29.8 Å². The standard InChI is InChI=1S/C22H37N3O2/c1-22(2,3)20-18(9-7-15-27-20)16-25-21(23-4)24-14-6-8-17-10-12-19(26-5)13-11-17/h10-13,18,20H,6-9,14-16H2,1-5H3,(H2,23,24,25). The lowest BCUT2D eigenvalue weighted by Gasteiger charge is -2.40. The number of rotatable bonds is 7. The van der Waals surface area contributed by atoms with Gasteiger partial charge in [0, 0.05) is 32.7 Å². The summed E-state index contributed by atoms with van der Waals surface area (Å²) in [5.41, 5.74) is 1.50. The molecule has 0 spiro atoms. The summed E-state index contributed by atoms with van der Waals surface area (Å²) < 4.78 is 11.3. The fourth-order valence-corrected chi connectivity index (χ4v) is 3.75. The van der Waals surface area contributed by atoms with Crippen LogP contribution in [0.5, 0.6) is 5.75 Å². The van der Waals surface area contributed by atoms with E-state index in [2.05, 4.69) is 48.5 Å².